The number of likely N-dealkylation sites (N-methyl/N-ethyl adjacent to an activating group) is 1. The normalized spacial score (nSPS) is 11.4. The van der Waals surface area contributed by atoms with Crippen LogP contribution in [-0.2, 0) is 11.3 Å². The first-order valence-corrected chi connectivity index (χ1v) is 7.47. The number of rotatable bonds is 5. The zero-order chi connectivity index (χ0) is 16.8. The Bertz CT molecular complexity index is 734. The molecule has 1 amide bonds. The van der Waals surface area contributed by atoms with Crippen LogP contribution in [0.25, 0.3) is 0 Å². The molecule has 2 aromatic carbocycles. The van der Waals surface area contributed by atoms with E-state index in [1.807, 2.05) is 43.3 Å². The molecule has 0 saturated carbocycles. The Morgan fingerprint density at radius 3 is 2.70 bits per heavy atom. The molecule has 2 aromatic rings. The lowest BCUT2D eigenvalue weighted by Crippen LogP contribution is -2.37. The Balaban J connectivity index is 1.99. The maximum atomic E-state index is 12.4. The maximum Gasteiger partial charge on any atom is 0.263 e. The number of carbonyl (C=O) groups is 1. The van der Waals surface area contributed by atoms with Crippen LogP contribution in [0.1, 0.15) is 23.6 Å². The molecule has 0 spiro atoms. The van der Waals surface area contributed by atoms with Crippen molar-refractivity contribution >= 4 is 5.91 Å². The summed E-state index contributed by atoms with van der Waals surface area (Å²) < 4.78 is 5.72. The number of nitriles is 1. The highest BCUT2D eigenvalue weighted by atomic mass is 16.5. The van der Waals surface area contributed by atoms with E-state index < -0.39 is 6.10 Å². The third-order valence-corrected chi connectivity index (χ3v) is 3.50. The molecule has 0 aliphatic rings. The van der Waals surface area contributed by atoms with E-state index >= 15 is 0 Å². The van der Waals surface area contributed by atoms with Gasteiger partial charge in [0.25, 0.3) is 5.91 Å². The van der Waals surface area contributed by atoms with Gasteiger partial charge >= 0.3 is 0 Å². The van der Waals surface area contributed by atoms with Crippen LogP contribution in [-0.4, -0.2) is 24.0 Å². The summed E-state index contributed by atoms with van der Waals surface area (Å²) in [5, 5.41) is 8.93. The van der Waals surface area contributed by atoms with Gasteiger partial charge in [-0.2, -0.15) is 5.26 Å². The molecule has 0 radical (unpaired) electrons. The minimum atomic E-state index is -0.569. The van der Waals surface area contributed by atoms with E-state index in [1.54, 1.807) is 31.0 Å². The van der Waals surface area contributed by atoms with E-state index in [1.165, 1.54) is 0 Å². The topological polar surface area (TPSA) is 53.3 Å². The monoisotopic (exact) mass is 308 g/mol. The molecule has 0 heterocycles. The zero-order valence-corrected chi connectivity index (χ0v) is 13.6. The van der Waals surface area contributed by atoms with Crippen LogP contribution < -0.4 is 4.74 Å². The number of carbonyl (C=O) groups excluding carboxylic acids is 1. The van der Waals surface area contributed by atoms with Gasteiger partial charge in [-0.3, -0.25) is 4.79 Å². The van der Waals surface area contributed by atoms with Crippen LogP contribution in [0.5, 0.6) is 5.75 Å². The third kappa shape index (κ3) is 4.58. The van der Waals surface area contributed by atoms with Crippen molar-refractivity contribution in [2.45, 2.75) is 26.5 Å². The quantitative estimate of drug-likeness (QED) is 0.851. The largest absolute Gasteiger partial charge is 0.481 e. The summed E-state index contributed by atoms with van der Waals surface area (Å²) in [5.41, 5.74) is 2.60. The van der Waals surface area contributed by atoms with Crippen molar-refractivity contribution in [3.8, 4) is 11.8 Å². The maximum absolute atomic E-state index is 12.4. The minimum Gasteiger partial charge on any atom is -0.481 e. The summed E-state index contributed by atoms with van der Waals surface area (Å²) in [4.78, 5) is 14.0. The SMILES string of the molecule is Cc1cccc(OC(C)C(=O)N(C)Cc2cccc(C#N)c2)c1. The highest BCUT2D eigenvalue weighted by Crippen LogP contribution is 2.15. The van der Waals surface area contributed by atoms with Gasteiger partial charge in [-0.05, 0) is 49.2 Å². The van der Waals surface area contributed by atoms with Crippen LogP contribution >= 0.6 is 0 Å². The van der Waals surface area contributed by atoms with Crippen molar-refractivity contribution in [2.24, 2.45) is 0 Å². The van der Waals surface area contributed by atoms with Crippen LogP contribution in [0, 0.1) is 18.3 Å². The fourth-order valence-electron chi connectivity index (χ4n) is 2.34. The Kier molecular flexibility index (Phi) is 5.37. The van der Waals surface area contributed by atoms with Gasteiger partial charge in [0.1, 0.15) is 5.75 Å². The number of hydrogen-bond donors (Lipinski definition) is 0. The first-order chi connectivity index (χ1) is 11.0. The van der Waals surface area contributed by atoms with E-state index in [0.29, 0.717) is 17.9 Å². The lowest BCUT2D eigenvalue weighted by atomic mass is 10.1. The third-order valence-electron chi connectivity index (χ3n) is 3.50. The van der Waals surface area contributed by atoms with Crippen molar-refractivity contribution < 1.29 is 9.53 Å². The predicted octanol–water partition coefficient (Wildman–Crippen LogP) is 3.29. The molecule has 0 N–H and O–H groups in total. The van der Waals surface area contributed by atoms with Gasteiger partial charge in [0.15, 0.2) is 6.10 Å². The summed E-state index contributed by atoms with van der Waals surface area (Å²) >= 11 is 0. The van der Waals surface area contributed by atoms with E-state index in [0.717, 1.165) is 11.1 Å². The summed E-state index contributed by atoms with van der Waals surface area (Å²) in [6, 6.07) is 17.0. The van der Waals surface area contributed by atoms with Crippen LogP contribution in [0.3, 0.4) is 0 Å². The van der Waals surface area contributed by atoms with Gasteiger partial charge in [0, 0.05) is 13.6 Å². The molecule has 1 atom stereocenters. The highest BCUT2D eigenvalue weighted by molar-refractivity contribution is 5.80. The minimum absolute atomic E-state index is 0.103. The number of amides is 1. The van der Waals surface area contributed by atoms with Crippen LogP contribution in [0.15, 0.2) is 48.5 Å². The average molecular weight is 308 g/mol. The first kappa shape index (κ1) is 16.6. The molecule has 118 valence electrons. The van der Waals surface area contributed by atoms with Gasteiger partial charge in [-0.1, -0.05) is 24.3 Å². The second-order valence-corrected chi connectivity index (χ2v) is 5.58. The molecule has 0 saturated heterocycles. The summed E-state index contributed by atoms with van der Waals surface area (Å²) in [6.07, 6.45) is -0.569. The Labute approximate surface area is 136 Å². The molecule has 23 heavy (non-hydrogen) atoms. The van der Waals surface area contributed by atoms with Crippen molar-refractivity contribution in [2.75, 3.05) is 7.05 Å². The number of aryl methyl sites for hydroxylation is 1. The van der Waals surface area contributed by atoms with Crippen molar-refractivity contribution in [3.05, 3.63) is 65.2 Å². The van der Waals surface area contributed by atoms with Crippen molar-refractivity contribution in [1.82, 2.24) is 4.90 Å². The standard InChI is InChI=1S/C19H20N2O2/c1-14-6-4-9-18(10-14)23-15(2)19(22)21(3)13-17-8-5-7-16(11-17)12-20/h4-11,15H,13H2,1-3H3. The van der Waals surface area contributed by atoms with Crippen molar-refractivity contribution in [1.29, 1.82) is 5.26 Å². The van der Waals surface area contributed by atoms with Crippen LogP contribution in [0.4, 0.5) is 0 Å². The molecule has 2 rings (SSSR count). The molecule has 4 nitrogen and oxygen atoms in total. The number of ether oxygens (including phenoxy) is 1. The predicted molar refractivity (Wildman–Crippen MR) is 88.9 cm³/mol. The molecule has 0 aliphatic carbocycles. The zero-order valence-electron chi connectivity index (χ0n) is 13.6. The molecule has 0 bridgehead atoms. The summed E-state index contributed by atoms with van der Waals surface area (Å²) in [7, 11) is 1.73. The van der Waals surface area contributed by atoms with Gasteiger partial charge in [0.2, 0.25) is 0 Å². The summed E-state index contributed by atoms with van der Waals surface area (Å²) in [6.45, 7) is 4.16. The molecule has 1 unspecified atom stereocenters. The lowest BCUT2D eigenvalue weighted by Gasteiger charge is -2.22. The van der Waals surface area contributed by atoms with Crippen LogP contribution in [0.2, 0.25) is 0 Å². The fourth-order valence-corrected chi connectivity index (χ4v) is 2.34. The average Bonchev–Trinajstić information content (AvgIpc) is 2.54. The molecule has 4 heteroatoms. The molecular weight excluding hydrogens is 288 g/mol. The van der Waals surface area contributed by atoms with Gasteiger partial charge in [-0.15, -0.1) is 0 Å². The molecule has 0 fully saturated rings. The lowest BCUT2D eigenvalue weighted by molar-refractivity contribution is -0.137. The number of hydrogen-bond acceptors (Lipinski definition) is 3. The molecular formula is C19H20N2O2. The second-order valence-electron chi connectivity index (χ2n) is 5.58. The fraction of sp³-hybridized carbons (Fsp3) is 0.263. The Hall–Kier alpha value is -2.80. The number of benzene rings is 2. The van der Waals surface area contributed by atoms with Gasteiger partial charge < -0.3 is 9.64 Å². The Morgan fingerprint density at radius 2 is 2.00 bits per heavy atom. The van der Waals surface area contributed by atoms with E-state index in [-0.39, 0.29) is 5.91 Å². The number of nitrogens with zero attached hydrogens (tertiary/aromatic N) is 2. The Morgan fingerprint density at radius 1 is 1.26 bits per heavy atom. The van der Waals surface area contributed by atoms with E-state index in [9.17, 15) is 4.79 Å². The second kappa shape index (κ2) is 7.46. The van der Waals surface area contributed by atoms with Gasteiger partial charge in [-0.25, -0.2) is 0 Å². The van der Waals surface area contributed by atoms with Crippen molar-refractivity contribution in [3.63, 3.8) is 0 Å². The van der Waals surface area contributed by atoms with E-state index in [4.69, 9.17) is 10.00 Å². The van der Waals surface area contributed by atoms with E-state index in [2.05, 4.69) is 6.07 Å². The molecule has 0 aromatic heterocycles. The first-order valence-electron chi connectivity index (χ1n) is 7.47. The molecule has 0 aliphatic heterocycles. The summed E-state index contributed by atoms with van der Waals surface area (Å²) in [5.74, 6) is 0.583. The smallest absolute Gasteiger partial charge is 0.263 e. The van der Waals surface area contributed by atoms with Gasteiger partial charge in [0.05, 0.1) is 11.6 Å². The highest BCUT2D eigenvalue weighted by Gasteiger charge is 2.19.